The van der Waals surface area contributed by atoms with Crippen LogP contribution in [0.15, 0.2) is 24.3 Å². The van der Waals surface area contributed by atoms with Gasteiger partial charge < -0.3 is 10.6 Å². The van der Waals surface area contributed by atoms with Gasteiger partial charge >= 0.3 is 0 Å². The van der Waals surface area contributed by atoms with Crippen molar-refractivity contribution < 1.29 is 4.39 Å². The normalized spacial score (nSPS) is 16.3. The molecule has 0 radical (unpaired) electrons. The Balaban J connectivity index is 1.73. The maximum Gasteiger partial charge on any atom is 0.166 e. The van der Waals surface area contributed by atoms with Gasteiger partial charge in [0.25, 0.3) is 0 Å². The van der Waals surface area contributed by atoms with E-state index < -0.39 is 0 Å². The molecule has 2 rings (SSSR count). The Kier molecular flexibility index (Phi) is 6.15. The summed E-state index contributed by atoms with van der Waals surface area (Å²) in [7, 11) is 0. The Morgan fingerprint density at radius 1 is 1.14 bits per heavy atom. The van der Waals surface area contributed by atoms with E-state index in [1.807, 2.05) is 0 Å². The summed E-state index contributed by atoms with van der Waals surface area (Å²) in [4.78, 5) is 2.53. The first-order valence-electron chi connectivity index (χ1n) is 7.98. The molecule has 122 valence electrons. The second-order valence-electron chi connectivity index (χ2n) is 6.52. The molecule has 1 heterocycles. The summed E-state index contributed by atoms with van der Waals surface area (Å²) in [6.45, 7) is 8.29. The van der Waals surface area contributed by atoms with Crippen LogP contribution < -0.4 is 10.6 Å². The van der Waals surface area contributed by atoms with E-state index >= 15 is 0 Å². The summed E-state index contributed by atoms with van der Waals surface area (Å²) in [6, 6.07) is 6.46. The molecule has 1 aliphatic heterocycles. The molecule has 0 bridgehead atoms. The summed E-state index contributed by atoms with van der Waals surface area (Å²) in [5, 5.41) is 7.13. The molecular weight excluding hydrogens is 297 g/mol. The summed E-state index contributed by atoms with van der Waals surface area (Å²) in [5.41, 5.74) is 1.11. The molecule has 1 aromatic rings. The molecule has 0 spiro atoms. The van der Waals surface area contributed by atoms with Crippen molar-refractivity contribution in [2.75, 3.05) is 19.6 Å². The third-order valence-electron chi connectivity index (χ3n) is 4.26. The molecule has 1 fully saturated rings. The molecule has 1 aliphatic rings. The second-order valence-corrected chi connectivity index (χ2v) is 6.93. The highest BCUT2D eigenvalue weighted by molar-refractivity contribution is 7.80. The zero-order valence-corrected chi connectivity index (χ0v) is 14.3. The van der Waals surface area contributed by atoms with Crippen LogP contribution in [0, 0.1) is 5.82 Å². The van der Waals surface area contributed by atoms with Crippen molar-refractivity contribution in [1.29, 1.82) is 0 Å². The summed E-state index contributed by atoms with van der Waals surface area (Å²) in [6.07, 6.45) is 3.92. The quantitative estimate of drug-likeness (QED) is 0.815. The number of piperidine rings is 1. The van der Waals surface area contributed by atoms with E-state index in [2.05, 4.69) is 29.4 Å². The SMILES string of the molecule is CC(C)(CNC(=S)NCc1ccc(F)cc1)N1CCCCC1. The minimum absolute atomic E-state index is 0.0992. The number of benzene rings is 1. The third kappa shape index (κ3) is 5.21. The number of likely N-dealkylation sites (tertiary alicyclic amines) is 1. The van der Waals surface area contributed by atoms with E-state index in [-0.39, 0.29) is 11.4 Å². The van der Waals surface area contributed by atoms with Gasteiger partial charge in [-0.25, -0.2) is 4.39 Å². The fraction of sp³-hybridized carbons (Fsp3) is 0.588. The van der Waals surface area contributed by atoms with Crippen LogP contribution in [0.1, 0.15) is 38.7 Å². The van der Waals surface area contributed by atoms with Gasteiger partial charge in [-0.15, -0.1) is 0 Å². The third-order valence-corrected chi connectivity index (χ3v) is 4.55. The van der Waals surface area contributed by atoms with Crippen molar-refractivity contribution in [2.24, 2.45) is 0 Å². The van der Waals surface area contributed by atoms with Crippen LogP contribution in [-0.4, -0.2) is 35.2 Å². The van der Waals surface area contributed by atoms with Crippen molar-refractivity contribution in [2.45, 2.75) is 45.2 Å². The standard InChI is InChI=1S/C17H26FN3S/c1-17(2,21-10-4-3-5-11-21)13-20-16(22)19-12-14-6-8-15(18)9-7-14/h6-9H,3-5,10-13H2,1-2H3,(H2,19,20,22). The lowest BCUT2D eigenvalue weighted by Gasteiger charge is -2.41. The van der Waals surface area contributed by atoms with Crippen LogP contribution in [0.2, 0.25) is 0 Å². The molecule has 0 atom stereocenters. The van der Waals surface area contributed by atoms with E-state index in [1.54, 1.807) is 12.1 Å². The predicted octanol–water partition coefficient (Wildman–Crippen LogP) is 3.05. The van der Waals surface area contributed by atoms with Gasteiger partial charge in [-0.2, -0.15) is 0 Å². The minimum atomic E-state index is -0.215. The molecule has 1 saturated heterocycles. The lowest BCUT2D eigenvalue weighted by atomic mass is 9.98. The van der Waals surface area contributed by atoms with Crippen molar-refractivity contribution in [3.63, 3.8) is 0 Å². The van der Waals surface area contributed by atoms with Crippen molar-refractivity contribution in [1.82, 2.24) is 15.5 Å². The number of nitrogens with zero attached hydrogens (tertiary/aromatic N) is 1. The summed E-state index contributed by atoms with van der Waals surface area (Å²) < 4.78 is 12.9. The highest BCUT2D eigenvalue weighted by Gasteiger charge is 2.27. The molecule has 5 heteroatoms. The largest absolute Gasteiger partial charge is 0.361 e. The van der Waals surface area contributed by atoms with Crippen LogP contribution >= 0.6 is 12.2 Å². The Bertz CT molecular complexity index is 481. The Hall–Kier alpha value is -1.20. The predicted molar refractivity (Wildman–Crippen MR) is 93.3 cm³/mol. The van der Waals surface area contributed by atoms with Gasteiger partial charge in [0.2, 0.25) is 0 Å². The van der Waals surface area contributed by atoms with E-state index in [4.69, 9.17) is 12.2 Å². The maximum atomic E-state index is 12.9. The molecule has 0 aliphatic carbocycles. The summed E-state index contributed by atoms with van der Waals surface area (Å²) in [5.74, 6) is -0.215. The lowest BCUT2D eigenvalue weighted by molar-refractivity contribution is 0.0984. The van der Waals surface area contributed by atoms with Crippen LogP contribution in [0.3, 0.4) is 0 Å². The smallest absolute Gasteiger partial charge is 0.166 e. The van der Waals surface area contributed by atoms with Gasteiger partial charge in [0, 0.05) is 18.6 Å². The molecule has 22 heavy (non-hydrogen) atoms. The molecule has 1 aromatic carbocycles. The average molecular weight is 323 g/mol. The highest BCUT2D eigenvalue weighted by Crippen LogP contribution is 2.19. The number of hydrogen-bond donors (Lipinski definition) is 2. The fourth-order valence-corrected chi connectivity index (χ4v) is 2.90. The summed E-state index contributed by atoms with van der Waals surface area (Å²) >= 11 is 5.33. The van der Waals surface area contributed by atoms with Gasteiger partial charge in [-0.05, 0) is 69.7 Å². The van der Waals surface area contributed by atoms with Crippen molar-refractivity contribution in [3.05, 3.63) is 35.6 Å². The first kappa shape index (κ1) is 17.2. The van der Waals surface area contributed by atoms with Crippen LogP contribution in [0.5, 0.6) is 0 Å². The van der Waals surface area contributed by atoms with Crippen molar-refractivity contribution in [3.8, 4) is 0 Å². The maximum absolute atomic E-state index is 12.9. The molecule has 0 aromatic heterocycles. The zero-order valence-electron chi connectivity index (χ0n) is 13.5. The highest BCUT2D eigenvalue weighted by atomic mass is 32.1. The van der Waals surface area contributed by atoms with Gasteiger partial charge in [0.1, 0.15) is 5.82 Å². The molecular formula is C17H26FN3S. The molecule has 3 nitrogen and oxygen atoms in total. The van der Waals surface area contributed by atoms with E-state index in [0.29, 0.717) is 11.7 Å². The first-order valence-corrected chi connectivity index (χ1v) is 8.39. The van der Waals surface area contributed by atoms with Crippen LogP contribution in [0.25, 0.3) is 0 Å². The number of halogens is 1. The number of thiocarbonyl (C=S) groups is 1. The molecule has 2 N–H and O–H groups in total. The lowest BCUT2D eigenvalue weighted by Crippen LogP contribution is -2.54. The monoisotopic (exact) mass is 323 g/mol. The number of rotatable bonds is 5. The van der Waals surface area contributed by atoms with E-state index in [1.165, 1.54) is 44.5 Å². The van der Waals surface area contributed by atoms with Gasteiger partial charge in [0.05, 0.1) is 0 Å². The van der Waals surface area contributed by atoms with Gasteiger partial charge in [-0.1, -0.05) is 18.6 Å². The Morgan fingerprint density at radius 3 is 2.41 bits per heavy atom. The number of nitrogens with one attached hydrogen (secondary N) is 2. The Labute approximate surface area is 138 Å². The fourth-order valence-electron chi connectivity index (χ4n) is 2.75. The molecule has 0 unspecified atom stereocenters. The molecule has 0 saturated carbocycles. The van der Waals surface area contributed by atoms with Gasteiger partial charge in [0.15, 0.2) is 5.11 Å². The van der Waals surface area contributed by atoms with Gasteiger partial charge in [-0.3, -0.25) is 4.90 Å². The van der Waals surface area contributed by atoms with Crippen LogP contribution in [-0.2, 0) is 6.54 Å². The Morgan fingerprint density at radius 2 is 1.77 bits per heavy atom. The topological polar surface area (TPSA) is 27.3 Å². The van der Waals surface area contributed by atoms with E-state index in [9.17, 15) is 4.39 Å². The minimum Gasteiger partial charge on any atom is -0.361 e. The zero-order chi connectivity index (χ0) is 16.0. The van der Waals surface area contributed by atoms with Crippen molar-refractivity contribution >= 4 is 17.3 Å². The van der Waals surface area contributed by atoms with E-state index in [0.717, 1.165) is 12.1 Å². The molecule has 0 amide bonds. The first-order chi connectivity index (χ1) is 10.5. The number of hydrogen-bond acceptors (Lipinski definition) is 2. The second kappa shape index (κ2) is 7.88. The average Bonchev–Trinajstić information content (AvgIpc) is 2.53. The van der Waals surface area contributed by atoms with Crippen LogP contribution in [0.4, 0.5) is 4.39 Å².